The third-order valence-corrected chi connectivity index (χ3v) is 15.0. The van der Waals surface area contributed by atoms with E-state index in [1.165, 1.54) is 250 Å². The average Bonchev–Trinajstić information content (AvgIpc) is 3.34. The Morgan fingerprint density at radius 1 is 0.441 bits per heavy atom. The second-order valence-electron chi connectivity index (χ2n) is 21.5. The fourth-order valence-corrected chi connectivity index (χ4v) is 10.2. The predicted octanol–water partition coefficient (Wildman–Crippen LogP) is 15.0. The maximum Gasteiger partial charge on any atom is 0.220 e. The van der Waals surface area contributed by atoms with E-state index in [1.54, 1.807) is 0 Å². The van der Waals surface area contributed by atoms with Gasteiger partial charge in [-0.15, -0.1) is 0 Å². The van der Waals surface area contributed by atoms with E-state index in [-0.39, 0.29) is 12.5 Å². The van der Waals surface area contributed by atoms with Crippen molar-refractivity contribution in [2.75, 3.05) is 13.2 Å². The zero-order chi connectivity index (χ0) is 49.4. The van der Waals surface area contributed by atoms with E-state index < -0.39 is 49.5 Å². The lowest BCUT2D eigenvalue weighted by atomic mass is 9.99. The molecule has 1 saturated heterocycles. The van der Waals surface area contributed by atoms with E-state index in [0.29, 0.717) is 12.8 Å². The minimum atomic E-state index is -1.55. The van der Waals surface area contributed by atoms with Crippen molar-refractivity contribution in [2.45, 2.75) is 358 Å². The van der Waals surface area contributed by atoms with Gasteiger partial charge in [-0.1, -0.05) is 296 Å². The molecule has 0 spiro atoms. The van der Waals surface area contributed by atoms with Crippen molar-refractivity contribution in [3.05, 3.63) is 0 Å². The average molecular weight is 969 g/mol. The van der Waals surface area contributed by atoms with Crippen LogP contribution in [0.15, 0.2) is 0 Å². The van der Waals surface area contributed by atoms with Crippen molar-refractivity contribution in [3.8, 4) is 0 Å². The molecule has 0 saturated carbocycles. The normalized spacial score (nSPS) is 19.4. The summed E-state index contributed by atoms with van der Waals surface area (Å²) < 4.78 is 11.3. The summed E-state index contributed by atoms with van der Waals surface area (Å²) in [4.78, 5) is 13.0. The van der Waals surface area contributed by atoms with E-state index in [9.17, 15) is 30.3 Å². The number of hydrogen-bond donors (Lipinski definition) is 6. The Bertz CT molecular complexity index is 1030. The third-order valence-electron chi connectivity index (χ3n) is 15.0. The number of ether oxygens (including phenoxy) is 2. The van der Waals surface area contributed by atoms with Crippen molar-refractivity contribution >= 4 is 5.91 Å². The molecule has 1 rings (SSSR count). The maximum absolute atomic E-state index is 13.0. The van der Waals surface area contributed by atoms with Crippen LogP contribution in [0.2, 0.25) is 0 Å². The molecular weight excluding hydrogens is 851 g/mol. The smallest absolute Gasteiger partial charge is 0.220 e. The number of aliphatic hydroxyl groups is 5. The number of unbranched alkanes of at least 4 members (excludes halogenated alkanes) is 43. The van der Waals surface area contributed by atoms with Gasteiger partial charge >= 0.3 is 0 Å². The SMILES string of the molecule is CCCCCCCCCCCCCCCCCCCCCCCCCCCCCCCCCCCCCCCC(=O)NC(COC1OC(CO)C(O)C(O)C1O)C(O)CCCCCCCCCC. The largest absolute Gasteiger partial charge is 0.394 e. The lowest BCUT2D eigenvalue weighted by Crippen LogP contribution is -2.60. The number of nitrogens with one attached hydrogen (secondary N) is 1. The van der Waals surface area contributed by atoms with E-state index in [2.05, 4.69) is 19.2 Å². The molecular formula is C59H117NO8. The summed E-state index contributed by atoms with van der Waals surface area (Å²) in [6.07, 6.45) is 53.5. The van der Waals surface area contributed by atoms with Crippen LogP contribution in [0.3, 0.4) is 0 Å². The number of hydrogen-bond acceptors (Lipinski definition) is 8. The zero-order valence-corrected chi connectivity index (χ0v) is 45.2. The summed E-state index contributed by atoms with van der Waals surface area (Å²) in [5.74, 6) is -0.140. The lowest BCUT2D eigenvalue weighted by Gasteiger charge is -2.40. The Balaban J connectivity index is 1.96. The first-order valence-electron chi connectivity index (χ1n) is 30.2. The molecule has 0 aromatic carbocycles. The molecule has 406 valence electrons. The molecule has 0 bridgehead atoms. The number of aliphatic hydroxyl groups excluding tert-OH is 5. The molecule has 0 aliphatic carbocycles. The number of carbonyl (C=O) groups excluding carboxylic acids is 1. The Morgan fingerprint density at radius 3 is 1.04 bits per heavy atom. The van der Waals surface area contributed by atoms with Gasteiger partial charge in [-0.3, -0.25) is 4.79 Å². The quantitative estimate of drug-likeness (QED) is 0.0330. The Morgan fingerprint density at radius 2 is 0.735 bits per heavy atom. The topological polar surface area (TPSA) is 149 Å². The third kappa shape index (κ3) is 38.8. The van der Waals surface area contributed by atoms with Crippen molar-refractivity contribution in [1.82, 2.24) is 5.32 Å². The fourth-order valence-electron chi connectivity index (χ4n) is 10.2. The van der Waals surface area contributed by atoms with Gasteiger partial charge in [0.05, 0.1) is 25.4 Å². The molecule has 68 heavy (non-hydrogen) atoms. The van der Waals surface area contributed by atoms with Gasteiger partial charge in [0.15, 0.2) is 6.29 Å². The molecule has 7 unspecified atom stereocenters. The van der Waals surface area contributed by atoms with Crippen molar-refractivity contribution in [2.24, 2.45) is 0 Å². The summed E-state index contributed by atoms with van der Waals surface area (Å²) >= 11 is 0. The van der Waals surface area contributed by atoms with E-state index in [0.717, 1.165) is 38.5 Å². The van der Waals surface area contributed by atoms with Crippen LogP contribution in [0.4, 0.5) is 0 Å². The summed E-state index contributed by atoms with van der Waals surface area (Å²) in [5, 5.41) is 54.3. The number of carbonyl (C=O) groups is 1. The molecule has 7 atom stereocenters. The molecule has 0 aromatic heterocycles. The van der Waals surface area contributed by atoms with Crippen LogP contribution >= 0.6 is 0 Å². The minimum Gasteiger partial charge on any atom is -0.394 e. The molecule has 9 nitrogen and oxygen atoms in total. The van der Waals surface area contributed by atoms with Gasteiger partial charge in [-0.05, 0) is 12.8 Å². The maximum atomic E-state index is 13.0. The van der Waals surface area contributed by atoms with Gasteiger partial charge in [0, 0.05) is 6.42 Å². The van der Waals surface area contributed by atoms with Crippen molar-refractivity contribution in [1.29, 1.82) is 0 Å². The summed E-state index contributed by atoms with van der Waals surface area (Å²) in [6.45, 7) is 3.83. The highest BCUT2D eigenvalue weighted by molar-refractivity contribution is 5.76. The second-order valence-corrected chi connectivity index (χ2v) is 21.5. The Hall–Kier alpha value is -0.810. The molecule has 1 aliphatic heterocycles. The van der Waals surface area contributed by atoms with Crippen LogP contribution in [0.5, 0.6) is 0 Å². The number of rotatable bonds is 53. The van der Waals surface area contributed by atoms with E-state index in [1.807, 2.05) is 0 Å². The summed E-state index contributed by atoms with van der Waals surface area (Å²) in [5.41, 5.74) is 0. The van der Waals surface area contributed by atoms with E-state index >= 15 is 0 Å². The second kappa shape index (κ2) is 49.8. The van der Waals surface area contributed by atoms with Gasteiger partial charge in [0.2, 0.25) is 5.91 Å². The van der Waals surface area contributed by atoms with E-state index in [4.69, 9.17) is 9.47 Å². The van der Waals surface area contributed by atoms with Gasteiger partial charge in [0.25, 0.3) is 0 Å². The summed E-state index contributed by atoms with van der Waals surface area (Å²) in [6, 6.07) is -0.711. The predicted molar refractivity (Wildman–Crippen MR) is 286 cm³/mol. The van der Waals surface area contributed by atoms with Crippen LogP contribution in [-0.2, 0) is 14.3 Å². The molecule has 6 N–H and O–H groups in total. The Kier molecular flexibility index (Phi) is 47.7. The van der Waals surface area contributed by atoms with Crippen LogP contribution in [0, 0.1) is 0 Å². The molecule has 9 heteroatoms. The lowest BCUT2D eigenvalue weighted by molar-refractivity contribution is -0.302. The van der Waals surface area contributed by atoms with Crippen molar-refractivity contribution in [3.63, 3.8) is 0 Å². The zero-order valence-electron chi connectivity index (χ0n) is 45.2. The van der Waals surface area contributed by atoms with Crippen LogP contribution < -0.4 is 5.32 Å². The highest BCUT2D eigenvalue weighted by Crippen LogP contribution is 2.23. The first kappa shape index (κ1) is 65.2. The molecule has 0 aromatic rings. The van der Waals surface area contributed by atoms with Crippen molar-refractivity contribution < 1.29 is 39.8 Å². The standard InChI is InChI=1S/C59H117NO8/c1-3-5-7-9-11-13-14-15-16-17-18-19-20-21-22-23-24-25-26-27-28-29-30-31-32-33-34-35-36-37-38-39-40-41-43-45-47-49-55(63)60-52(53(62)48-46-44-42-12-10-8-6-4-2)51-67-59-58(66)57(65)56(64)54(50-61)68-59/h52-54,56-59,61-62,64-66H,3-51H2,1-2H3,(H,60,63). The monoisotopic (exact) mass is 968 g/mol. The van der Waals surface area contributed by atoms with Crippen LogP contribution in [0.25, 0.3) is 0 Å². The Labute approximate surface area is 421 Å². The first-order chi connectivity index (χ1) is 33.3. The van der Waals surface area contributed by atoms with Gasteiger partial charge in [-0.25, -0.2) is 0 Å². The van der Waals surface area contributed by atoms with Gasteiger partial charge in [-0.2, -0.15) is 0 Å². The molecule has 0 radical (unpaired) electrons. The first-order valence-corrected chi connectivity index (χ1v) is 30.2. The molecule has 1 amide bonds. The summed E-state index contributed by atoms with van der Waals surface area (Å²) in [7, 11) is 0. The van der Waals surface area contributed by atoms with Gasteiger partial charge < -0.3 is 40.3 Å². The minimum absolute atomic E-state index is 0.133. The molecule has 1 fully saturated rings. The van der Waals surface area contributed by atoms with Crippen LogP contribution in [0.1, 0.15) is 316 Å². The van der Waals surface area contributed by atoms with Gasteiger partial charge in [0.1, 0.15) is 24.4 Å². The number of amides is 1. The molecule has 1 aliphatic rings. The highest BCUT2D eigenvalue weighted by atomic mass is 16.7. The highest BCUT2D eigenvalue weighted by Gasteiger charge is 2.44. The fraction of sp³-hybridized carbons (Fsp3) is 0.983. The molecule has 1 heterocycles. The van der Waals surface area contributed by atoms with Crippen LogP contribution in [-0.4, -0.2) is 87.5 Å².